The van der Waals surface area contributed by atoms with Crippen LogP contribution in [0.1, 0.15) is 20.8 Å². The predicted octanol–water partition coefficient (Wildman–Crippen LogP) is 3.44. The molecule has 4 saturated heterocycles. The zero-order chi connectivity index (χ0) is 31.4. The smallest absolute Gasteiger partial charge is 0.414 e. The van der Waals surface area contributed by atoms with E-state index in [0.29, 0.717) is 85.0 Å². The normalized spacial score (nSPS) is 22.5. The minimum atomic E-state index is -0.803. The molecular weight excluding hydrogens is 628 g/mol. The molecule has 2 N–H and O–H groups in total. The average molecular weight is 670 g/mol. The van der Waals surface area contributed by atoms with Gasteiger partial charge in [-0.2, -0.15) is 0 Å². The van der Waals surface area contributed by atoms with E-state index in [1.165, 1.54) is 21.9 Å². The van der Waals surface area contributed by atoms with E-state index in [9.17, 15) is 26.8 Å². The summed E-state index contributed by atoms with van der Waals surface area (Å²) in [5, 5.41) is 0. The highest BCUT2D eigenvalue weighted by Gasteiger charge is 2.33. The molecule has 4 fully saturated rings. The van der Waals surface area contributed by atoms with Crippen LogP contribution >= 0.6 is 0 Å². The molecule has 45 heavy (non-hydrogen) atoms. The van der Waals surface area contributed by atoms with E-state index >= 15 is 0 Å². The van der Waals surface area contributed by atoms with Gasteiger partial charge in [0.1, 0.15) is 23.8 Å². The molecular formula is C30H41F2N5O6S2. The third kappa shape index (κ3) is 8.11. The van der Waals surface area contributed by atoms with Crippen molar-refractivity contribution in [2.45, 2.75) is 33.0 Å². The fraction of sp³-hybridized carbons (Fsp3) is 0.533. The van der Waals surface area contributed by atoms with Gasteiger partial charge in [0.25, 0.3) is 0 Å². The second-order valence-electron chi connectivity index (χ2n) is 10.8. The maximum Gasteiger partial charge on any atom is 0.414 e. The molecule has 6 rings (SSSR count). The van der Waals surface area contributed by atoms with Crippen molar-refractivity contribution in [1.29, 1.82) is 0 Å². The van der Waals surface area contributed by atoms with E-state index < -0.39 is 39.6 Å². The summed E-state index contributed by atoms with van der Waals surface area (Å²) in [7, 11) is -1.59. The van der Waals surface area contributed by atoms with Crippen molar-refractivity contribution < 1.29 is 36.3 Å². The van der Waals surface area contributed by atoms with Crippen LogP contribution < -0.4 is 25.3 Å². The Morgan fingerprint density at radius 3 is 1.49 bits per heavy atom. The largest absolute Gasteiger partial charge is 0.444 e. The molecule has 4 heterocycles. The van der Waals surface area contributed by atoms with Crippen LogP contribution in [0.3, 0.4) is 0 Å². The zero-order valence-corrected chi connectivity index (χ0v) is 26.1. The van der Waals surface area contributed by atoms with Gasteiger partial charge in [0.05, 0.1) is 35.8 Å². The van der Waals surface area contributed by atoms with Gasteiger partial charge in [-0.05, 0) is 42.8 Å². The molecule has 0 saturated carbocycles. The highest BCUT2D eigenvalue weighted by molar-refractivity contribution is 7.85. The third-order valence-corrected chi connectivity index (χ3v) is 10.5. The Labute approximate surface area is 267 Å². The summed E-state index contributed by atoms with van der Waals surface area (Å²) in [6.45, 7) is 5.31. The van der Waals surface area contributed by atoms with Gasteiger partial charge < -0.3 is 25.0 Å². The van der Waals surface area contributed by atoms with Crippen LogP contribution in [0.4, 0.5) is 41.1 Å². The van der Waals surface area contributed by atoms with Crippen molar-refractivity contribution in [2.24, 2.45) is 5.73 Å². The standard InChI is InChI=1S/C15H19FN2O3S.C14H18FN3O3S.CH4/c1-2-12-10-18(15(19)21-12)11-3-4-14(13(16)9-11)17-5-7-22(20)8-6-17;15-12-7-10(18-9-11(8-16)21-14(18)19)1-2-13(12)17-3-5-22(20)6-4-17;/h3-4,9,12H,2,5-8,10H2,1H3;1-2,7,11H,3-6,8-9,16H2;1H4/t12-;11-;/m00./s1. The highest BCUT2D eigenvalue weighted by atomic mass is 32.2. The second kappa shape index (κ2) is 15.3. The quantitative estimate of drug-likeness (QED) is 0.493. The second-order valence-corrected chi connectivity index (χ2v) is 14.2. The molecule has 2 atom stereocenters. The monoisotopic (exact) mass is 669 g/mol. The zero-order valence-electron chi connectivity index (χ0n) is 24.5. The van der Waals surface area contributed by atoms with Gasteiger partial charge in [0, 0.05) is 77.3 Å². The number of hydrogen-bond donors (Lipinski definition) is 1. The Bertz CT molecular complexity index is 1310. The summed E-state index contributed by atoms with van der Waals surface area (Å²) < 4.78 is 61.8. The summed E-state index contributed by atoms with van der Waals surface area (Å²) in [4.78, 5) is 30.2. The molecule has 0 aromatic heterocycles. The number of carbonyl (C=O) groups is 2. The van der Waals surface area contributed by atoms with Gasteiger partial charge in [-0.3, -0.25) is 18.2 Å². The first-order chi connectivity index (χ1) is 21.2. The molecule has 0 radical (unpaired) electrons. The fourth-order valence-corrected chi connectivity index (χ4v) is 7.50. The molecule has 11 nitrogen and oxygen atoms in total. The summed E-state index contributed by atoms with van der Waals surface area (Å²) in [5.41, 5.74) is 7.44. The van der Waals surface area contributed by atoms with Crippen LogP contribution in [-0.2, 0) is 31.1 Å². The number of rotatable bonds is 6. The lowest BCUT2D eigenvalue weighted by molar-refractivity contribution is 0.139. The van der Waals surface area contributed by atoms with Crippen LogP contribution in [-0.4, -0.2) is 102 Å². The van der Waals surface area contributed by atoms with Crippen LogP contribution in [0.5, 0.6) is 0 Å². The van der Waals surface area contributed by atoms with E-state index in [0.717, 1.165) is 6.42 Å². The molecule has 0 unspecified atom stereocenters. The van der Waals surface area contributed by atoms with Gasteiger partial charge >= 0.3 is 12.2 Å². The number of carbonyl (C=O) groups excluding carboxylic acids is 2. The van der Waals surface area contributed by atoms with Crippen molar-refractivity contribution in [3.05, 3.63) is 48.0 Å². The topological polar surface area (TPSA) is 126 Å². The highest BCUT2D eigenvalue weighted by Crippen LogP contribution is 2.30. The van der Waals surface area contributed by atoms with Crippen LogP contribution in [0.15, 0.2) is 36.4 Å². The molecule has 4 aliphatic heterocycles. The van der Waals surface area contributed by atoms with Gasteiger partial charge in [0.15, 0.2) is 0 Å². The Morgan fingerprint density at radius 1 is 0.756 bits per heavy atom. The van der Waals surface area contributed by atoms with E-state index in [2.05, 4.69) is 0 Å². The molecule has 2 amide bonds. The van der Waals surface area contributed by atoms with Gasteiger partial charge in [-0.15, -0.1) is 0 Å². The van der Waals surface area contributed by atoms with Crippen molar-refractivity contribution in [3.63, 3.8) is 0 Å². The van der Waals surface area contributed by atoms with E-state index in [1.807, 2.05) is 16.7 Å². The van der Waals surface area contributed by atoms with Gasteiger partial charge in [-0.25, -0.2) is 18.4 Å². The Balaban J connectivity index is 0.000000200. The van der Waals surface area contributed by atoms with Gasteiger partial charge in [-0.1, -0.05) is 14.4 Å². The first kappa shape index (κ1) is 34.6. The fourth-order valence-electron chi connectivity index (χ4n) is 5.40. The first-order valence-corrected chi connectivity index (χ1v) is 17.6. The number of nitrogens with zero attached hydrogens (tertiary/aromatic N) is 4. The SMILES string of the molecule is C.CC[C@H]1CN(c2ccc(N3CCS(=O)CC3)c(F)c2)C(=O)O1.NC[C@H]1CN(c2ccc(N3CCS(=O)CC3)c(F)c2)C(=O)O1. The summed E-state index contributed by atoms with van der Waals surface area (Å²) >= 11 is 0. The van der Waals surface area contributed by atoms with E-state index in [1.54, 1.807) is 24.3 Å². The lowest BCUT2D eigenvalue weighted by Crippen LogP contribution is -2.38. The number of cyclic esters (lactones) is 2. The molecule has 248 valence electrons. The molecule has 0 bridgehead atoms. The summed E-state index contributed by atoms with van der Waals surface area (Å²) in [6, 6.07) is 9.49. The van der Waals surface area contributed by atoms with Crippen molar-refractivity contribution in [3.8, 4) is 0 Å². The Hall–Kier alpha value is -3.30. The molecule has 2 aromatic carbocycles. The molecule has 15 heteroatoms. The summed E-state index contributed by atoms with van der Waals surface area (Å²) in [5.74, 6) is 1.48. The lowest BCUT2D eigenvalue weighted by atomic mass is 10.2. The predicted molar refractivity (Wildman–Crippen MR) is 174 cm³/mol. The number of nitrogens with two attached hydrogens (primary N) is 1. The molecule has 0 aliphatic carbocycles. The van der Waals surface area contributed by atoms with Crippen LogP contribution in [0, 0.1) is 11.6 Å². The number of halogens is 2. The summed E-state index contributed by atoms with van der Waals surface area (Å²) in [6.07, 6.45) is -0.670. The maximum atomic E-state index is 14.4. The van der Waals surface area contributed by atoms with Crippen molar-refractivity contribution in [2.75, 3.05) is 88.4 Å². The minimum Gasteiger partial charge on any atom is -0.444 e. The van der Waals surface area contributed by atoms with E-state index in [4.69, 9.17) is 15.2 Å². The number of benzene rings is 2. The van der Waals surface area contributed by atoms with Crippen molar-refractivity contribution in [1.82, 2.24) is 0 Å². The average Bonchev–Trinajstić information content (AvgIpc) is 3.60. The first-order valence-electron chi connectivity index (χ1n) is 14.6. The molecule has 4 aliphatic rings. The third-order valence-electron chi connectivity index (χ3n) is 7.99. The number of anilines is 4. The van der Waals surface area contributed by atoms with Crippen LogP contribution in [0.2, 0.25) is 0 Å². The molecule has 2 aromatic rings. The van der Waals surface area contributed by atoms with E-state index in [-0.39, 0.29) is 32.0 Å². The number of hydrogen-bond acceptors (Lipinski definition) is 9. The van der Waals surface area contributed by atoms with Crippen LogP contribution in [0.25, 0.3) is 0 Å². The van der Waals surface area contributed by atoms with Gasteiger partial charge in [0.2, 0.25) is 0 Å². The molecule has 0 spiro atoms. The maximum absolute atomic E-state index is 14.4. The number of ether oxygens (including phenoxy) is 2. The Kier molecular flexibility index (Phi) is 11.8. The number of amides is 2. The van der Waals surface area contributed by atoms with Crippen molar-refractivity contribution >= 4 is 56.5 Å². The lowest BCUT2D eigenvalue weighted by Gasteiger charge is -2.29. The minimum absolute atomic E-state index is 0. The Morgan fingerprint density at radius 2 is 1.16 bits per heavy atom.